The molecule has 0 bridgehead atoms. The van der Waals surface area contributed by atoms with Gasteiger partial charge < -0.3 is 10.6 Å². The molecular formula is C30H28N2. The molecule has 0 saturated heterocycles. The molecule has 2 nitrogen and oxygen atoms in total. The van der Waals surface area contributed by atoms with Gasteiger partial charge in [-0.15, -0.1) is 0 Å². The normalized spacial score (nSPS) is 17.5. The fourth-order valence-electron chi connectivity index (χ4n) is 4.57. The summed E-state index contributed by atoms with van der Waals surface area (Å²) in [6.07, 6.45) is 11.9. The highest BCUT2D eigenvalue weighted by Gasteiger charge is 2.18. The lowest BCUT2D eigenvalue weighted by Gasteiger charge is -2.25. The minimum Gasteiger partial charge on any atom is -0.381 e. The van der Waals surface area contributed by atoms with Crippen molar-refractivity contribution in [3.63, 3.8) is 0 Å². The van der Waals surface area contributed by atoms with E-state index >= 15 is 0 Å². The SMILES string of the molecule is CC1=CC(c2ccccc2Cc2ccccc2C2=CC=CCN2)NC=C1c1ccccc1. The summed E-state index contributed by atoms with van der Waals surface area (Å²) in [5.41, 5.74) is 10.3. The van der Waals surface area contributed by atoms with E-state index in [9.17, 15) is 0 Å². The summed E-state index contributed by atoms with van der Waals surface area (Å²) in [7, 11) is 0. The molecule has 0 aliphatic carbocycles. The fourth-order valence-corrected chi connectivity index (χ4v) is 4.57. The molecule has 2 aliphatic heterocycles. The number of nitrogens with one attached hydrogen (secondary N) is 2. The Labute approximate surface area is 190 Å². The Morgan fingerprint density at radius 3 is 2.38 bits per heavy atom. The highest BCUT2D eigenvalue weighted by molar-refractivity contribution is 5.79. The number of rotatable bonds is 5. The van der Waals surface area contributed by atoms with Crippen LogP contribution in [0.15, 0.2) is 115 Å². The van der Waals surface area contributed by atoms with Crippen molar-refractivity contribution in [2.24, 2.45) is 0 Å². The lowest BCUT2D eigenvalue weighted by atomic mass is 9.89. The van der Waals surface area contributed by atoms with Crippen LogP contribution >= 0.6 is 0 Å². The Morgan fingerprint density at radius 2 is 1.59 bits per heavy atom. The molecule has 0 spiro atoms. The topological polar surface area (TPSA) is 24.1 Å². The van der Waals surface area contributed by atoms with Crippen LogP contribution in [0.2, 0.25) is 0 Å². The van der Waals surface area contributed by atoms with E-state index in [2.05, 4.69) is 127 Å². The summed E-state index contributed by atoms with van der Waals surface area (Å²) in [6, 6.07) is 28.3. The van der Waals surface area contributed by atoms with E-state index in [-0.39, 0.29) is 6.04 Å². The molecule has 2 heterocycles. The van der Waals surface area contributed by atoms with Crippen LogP contribution in [0.25, 0.3) is 11.3 Å². The molecule has 2 aliphatic rings. The predicted molar refractivity (Wildman–Crippen MR) is 135 cm³/mol. The van der Waals surface area contributed by atoms with Crippen LogP contribution in [0.4, 0.5) is 0 Å². The molecule has 3 aromatic carbocycles. The standard InChI is InChI=1S/C30H28N2/c1-22-19-30(32-21-28(22)23-11-3-2-4-12-23)27-16-8-6-14-25(27)20-24-13-5-7-15-26(24)29-17-9-10-18-31-29/h2-17,19,21,30-32H,18,20H2,1H3. The fraction of sp³-hybridized carbons (Fsp3) is 0.133. The van der Waals surface area contributed by atoms with Gasteiger partial charge in [-0.3, -0.25) is 0 Å². The van der Waals surface area contributed by atoms with Gasteiger partial charge in [0.05, 0.1) is 6.04 Å². The third-order valence-corrected chi connectivity index (χ3v) is 6.22. The molecule has 0 fully saturated rings. The maximum absolute atomic E-state index is 3.65. The molecule has 2 heteroatoms. The molecule has 1 unspecified atom stereocenters. The van der Waals surface area contributed by atoms with Crippen LogP contribution in [0.5, 0.6) is 0 Å². The molecule has 32 heavy (non-hydrogen) atoms. The average molecular weight is 417 g/mol. The van der Waals surface area contributed by atoms with Crippen LogP contribution in [-0.4, -0.2) is 6.54 Å². The Hall–Kier alpha value is -3.78. The second kappa shape index (κ2) is 9.15. The Kier molecular flexibility index (Phi) is 5.76. The quantitative estimate of drug-likeness (QED) is 0.502. The lowest BCUT2D eigenvalue weighted by molar-refractivity contribution is 0.734. The van der Waals surface area contributed by atoms with Crippen molar-refractivity contribution in [2.75, 3.05) is 6.54 Å². The lowest BCUT2D eigenvalue weighted by Crippen LogP contribution is -2.20. The Bertz CT molecular complexity index is 1230. The van der Waals surface area contributed by atoms with E-state index in [0.717, 1.165) is 13.0 Å². The van der Waals surface area contributed by atoms with Crippen molar-refractivity contribution in [3.8, 4) is 0 Å². The van der Waals surface area contributed by atoms with Gasteiger partial charge in [0.15, 0.2) is 0 Å². The molecule has 0 aromatic heterocycles. The molecular weight excluding hydrogens is 388 g/mol. The highest BCUT2D eigenvalue weighted by Crippen LogP contribution is 2.32. The van der Waals surface area contributed by atoms with Crippen LogP contribution in [-0.2, 0) is 6.42 Å². The van der Waals surface area contributed by atoms with Crippen molar-refractivity contribution in [1.29, 1.82) is 0 Å². The van der Waals surface area contributed by atoms with Gasteiger partial charge >= 0.3 is 0 Å². The molecule has 0 saturated carbocycles. The first kappa shape index (κ1) is 20.1. The van der Waals surface area contributed by atoms with Crippen molar-refractivity contribution in [1.82, 2.24) is 10.6 Å². The third-order valence-electron chi connectivity index (χ3n) is 6.22. The van der Waals surface area contributed by atoms with Crippen molar-refractivity contribution >= 4 is 11.3 Å². The second-order valence-corrected chi connectivity index (χ2v) is 8.34. The number of hydrogen-bond acceptors (Lipinski definition) is 2. The maximum atomic E-state index is 3.65. The van der Waals surface area contributed by atoms with Crippen LogP contribution < -0.4 is 10.6 Å². The molecule has 158 valence electrons. The summed E-state index contributed by atoms with van der Waals surface area (Å²) in [5.74, 6) is 0. The van der Waals surface area contributed by atoms with Gasteiger partial charge in [-0.2, -0.15) is 0 Å². The van der Waals surface area contributed by atoms with E-state index in [0.29, 0.717) is 0 Å². The average Bonchev–Trinajstić information content (AvgIpc) is 2.86. The van der Waals surface area contributed by atoms with Gasteiger partial charge in [0.2, 0.25) is 0 Å². The van der Waals surface area contributed by atoms with E-state index in [1.165, 1.54) is 44.7 Å². The number of dihydropyridines is 2. The molecule has 3 aromatic rings. The van der Waals surface area contributed by atoms with Gasteiger partial charge in [0.1, 0.15) is 0 Å². The van der Waals surface area contributed by atoms with Crippen LogP contribution in [0, 0.1) is 0 Å². The van der Waals surface area contributed by atoms with Crippen molar-refractivity contribution in [3.05, 3.63) is 143 Å². The summed E-state index contributed by atoms with van der Waals surface area (Å²) < 4.78 is 0. The molecule has 5 rings (SSSR count). The zero-order chi connectivity index (χ0) is 21.8. The minimum absolute atomic E-state index is 0.167. The first-order chi connectivity index (χ1) is 15.8. The number of allylic oxidation sites excluding steroid dienone is 4. The zero-order valence-electron chi connectivity index (χ0n) is 18.4. The van der Waals surface area contributed by atoms with Gasteiger partial charge in [0, 0.05) is 29.6 Å². The zero-order valence-corrected chi connectivity index (χ0v) is 18.4. The molecule has 0 amide bonds. The van der Waals surface area contributed by atoms with Gasteiger partial charge in [-0.25, -0.2) is 0 Å². The Morgan fingerprint density at radius 1 is 0.844 bits per heavy atom. The van der Waals surface area contributed by atoms with E-state index in [1.54, 1.807) is 0 Å². The van der Waals surface area contributed by atoms with Gasteiger partial charge in [-0.05, 0) is 47.2 Å². The van der Waals surface area contributed by atoms with Crippen LogP contribution in [0.1, 0.15) is 40.8 Å². The van der Waals surface area contributed by atoms with Gasteiger partial charge in [-0.1, -0.05) is 97.1 Å². The van der Waals surface area contributed by atoms with Crippen molar-refractivity contribution < 1.29 is 0 Å². The summed E-state index contributed by atoms with van der Waals surface area (Å²) in [5, 5.41) is 7.16. The van der Waals surface area contributed by atoms with E-state index in [1.807, 2.05) is 0 Å². The Balaban J connectivity index is 1.44. The maximum Gasteiger partial charge on any atom is 0.0701 e. The first-order valence-electron chi connectivity index (χ1n) is 11.3. The highest BCUT2D eigenvalue weighted by atomic mass is 14.9. The van der Waals surface area contributed by atoms with Crippen LogP contribution in [0.3, 0.4) is 0 Å². The van der Waals surface area contributed by atoms with Crippen molar-refractivity contribution in [2.45, 2.75) is 19.4 Å². The third kappa shape index (κ3) is 4.17. The second-order valence-electron chi connectivity index (χ2n) is 8.34. The monoisotopic (exact) mass is 416 g/mol. The van der Waals surface area contributed by atoms with E-state index < -0.39 is 0 Å². The number of hydrogen-bond donors (Lipinski definition) is 2. The molecule has 0 radical (unpaired) electrons. The van der Waals surface area contributed by atoms with E-state index in [4.69, 9.17) is 0 Å². The minimum atomic E-state index is 0.167. The summed E-state index contributed by atoms with van der Waals surface area (Å²) >= 11 is 0. The molecule has 2 N–H and O–H groups in total. The van der Waals surface area contributed by atoms with Gasteiger partial charge in [0.25, 0.3) is 0 Å². The summed E-state index contributed by atoms with van der Waals surface area (Å²) in [6.45, 7) is 3.09. The summed E-state index contributed by atoms with van der Waals surface area (Å²) in [4.78, 5) is 0. The number of benzene rings is 3. The smallest absolute Gasteiger partial charge is 0.0701 e. The molecule has 1 atom stereocenters. The predicted octanol–water partition coefficient (Wildman–Crippen LogP) is 6.41. The largest absolute Gasteiger partial charge is 0.381 e. The first-order valence-corrected chi connectivity index (χ1v) is 11.3.